The maximum atomic E-state index is 12.6. The number of rotatable bonds is 7. The molecule has 4 rings (SSSR count). The Kier molecular flexibility index (Phi) is 5.43. The quantitative estimate of drug-likeness (QED) is 0.475. The summed E-state index contributed by atoms with van der Waals surface area (Å²) >= 11 is 0. The van der Waals surface area contributed by atoms with Gasteiger partial charge in [-0.2, -0.15) is 0 Å². The van der Waals surface area contributed by atoms with Crippen LogP contribution >= 0.6 is 0 Å². The van der Waals surface area contributed by atoms with Gasteiger partial charge in [-0.05, 0) is 31.0 Å². The zero-order valence-electron chi connectivity index (χ0n) is 16.9. The van der Waals surface area contributed by atoms with Gasteiger partial charge in [-0.3, -0.25) is 9.59 Å². The van der Waals surface area contributed by atoms with E-state index in [9.17, 15) is 9.59 Å². The fourth-order valence-corrected chi connectivity index (χ4v) is 3.54. The number of para-hydroxylation sites is 1. The number of hydrogen-bond donors (Lipinski definition) is 1. The van der Waals surface area contributed by atoms with Gasteiger partial charge in [-0.1, -0.05) is 43.3 Å². The first-order chi connectivity index (χ1) is 14.6. The molecule has 4 aromatic rings. The lowest BCUT2D eigenvalue weighted by Crippen LogP contribution is -2.27. The van der Waals surface area contributed by atoms with E-state index < -0.39 is 0 Å². The molecule has 7 heteroatoms. The molecule has 0 aliphatic carbocycles. The molecule has 0 fully saturated rings. The summed E-state index contributed by atoms with van der Waals surface area (Å²) in [5.41, 5.74) is 3.46. The summed E-state index contributed by atoms with van der Waals surface area (Å²) in [5.74, 6) is 0.521. The van der Waals surface area contributed by atoms with Crippen LogP contribution in [0.4, 0.5) is 0 Å². The molecule has 0 atom stereocenters. The van der Waals surface area contributed by atoms with Crippen molar-refractivity contribution in [2.45, 2.75) is 33.4 Å². The van der Waals surface area contributed by atoms with Crippen LogP contribution in [0.15, 0.2) is 59.1 Å². The number of nitrogens with zero attached hydrogens (tertiary/aromatic N) is 3. The highest BCUT2D eigenvalue weighted by molar-refractivity contribution is 6.07. The maximum Gasteiger partial charge on any atom is 0.247 e. The molecule has 2 heterocycles. The van der Waals surface area contributed by atoms with Crippen molar-refractivity contribution in [2.75, 3.05) is 0 Å². The summed E-state index contributed by atoms with van der Waals surface area (Å²) in [7, 11) is 0. The molecule has 0 aliphatic rings. The Balaban J connectivity index is 1.49. The Labute approximate surface area is 173 Å². The summed E-state index contributed by atoms with van der Waals surface area (Å²) in [6, 6.07) is 15.3. The third-order valence-electron chi connectivity index (χ3n) is 4.98. The molecular formula is C23H22N4O3. The van der Waals surface area contributed by atoms with Crippen molar-refractivity contribution in [3.05, 3.63) is 71.7 Å². The molecule has 30 heavy (non-hydrogen) atoms. The number of aromatic nitrogens is 3. The second-order valence-electron chi connectivity index (χ2n) is 7.04. The molecule has 0 saturated carbocycles. The Morgan fingerprint density at radius 2 is 1.87 bits per heavy atom. The number of fused-ring (bicyclic) bond motifs is 1. The van der Waals surface area contributed by atoms with E-state index in [1.807, 2.05) is 53.1 Å². The van der Waals surface area contributed by atoms with Crippen LogP contribution in [-0.2, 0) is 24.3 Å². The van der Waals surface area contributed by atoms with E-state index in [-0.39, 0.29) is 24.8 Å². The first-order valence-electron chi connectivity index (χ1n) is 9.83. The Hall–Kier alpha value is -3.74. The van der Waals surface area contributed by atoms with E-state index in [4.69, 9.17) is 4.42 Å². The zero-order chi connectivity index (χ0) is 21.1. The van der Waals surface area contributed by atoms with Gasteiger partial charge in [0.15, 0.2) is 5.78 Å². The predicted molar refractivity (Wildman–Crippen MR) is 113 cm³/mol. The fourth-order valence-electron chi connectivity index (χ4n) is 3.54. The van der Waals surface area contributed by atoms with Gasteiger partial charge in [0.25, 0.3) is 0 Å². The molecule has 0 saturated heterocycles. The van der Waals surface area contributed by atoms with Gasteiger partial charge >= 0.3 is 0 Å². The van der Waals surface area contributed by atoms with Crippen molar-refractivity contribution >= 4 is 22.6 Å². The lowest BCUT2D eigenvalue weighted by molar-refractivity contribution is -0.121. The van der Waals surface area contributed by atoms with Crippen LogP contribution in [-0.4, -0.2) is 26.5 Å². The Morgan fingerprint density at radius 1 is 1.07 bits per heavy atom. The van der Waals surface area contributed by atoms with Crippen LogP contribution in [0.25, 0.3) is 22.4 Å². The molecule has 2 aromatic heterocycles. The molecule has 1 amide bonds. The molecular weight excluding hydrogens is 380 g/mol. The van der Waals surface area contributed by atoms with E-state index >= 15 is 0 Å². The van der Waals surface area contributed by atoms with Crippen LogP contribution in [0, 0.1) is 0 Å². The second-order valence-corrected chi connectivity index (χ2v) is 7.04. The van der Waals surface area contributed by atoms with Gasteiger partial charge in [0, 0.05) is 22.7 Å². The average Bonchev–Trinajstić information content (AvgIpc) is 3.38. The lowest BCUT2D eigenvalue weighted by atomic mass is 10.1. The van der Waals surface area contributed by atoms with Gasteiger partial charge in [-0.15, -0.1) is 10.2 Å². The number of Topliss-reactive ketones (excluding diaryl/α,β-unsaturated/α-hetero) is 1. The van der Waals surface area contributed by atoms with Crippen molar-refractivity contribution in [3.63, 3.8) is 0 Å². The van der Waals surface area contributed by atoms with Gasteiger partial charge in [0.1, 0.15) is 6.54 Å². The van der Waals surface area contributed by atoms with E-state index in [0.717, 1.165) is 28.5 Å². The summed E-state index contributed by atoms with van der Waals surface area (Å²) < 4.78 is 7.46. The molecule has 152 valence electrons. The smallest absolute Gasteiger partial charge is 0.247 e. The van der Waals surface area contributed by atoms with Gasteiger partial charge in [0.05, 0.1) is 12.1 Å². The van der Waals surface area contributed by atoms with Gasteiger partial charge in [-0.25, -0.2) is 0 Å². The standard InChI is InChI=1S/C23H22N4O3/c1-3-16-10-7-11-18-19(15(2)28)13-27(22(16)18)14-20(29)24-12-21-25-26-23(30-21)17-8-5-4-6-9-17/h4-11,13H,3,12,14H2,1-2H3,(H,24,29). The lowest BCUT2D eigenvalue weighted by Gasteiger charge is -2.08. The van der Waals surface area contributed by atoms with Crippen LogP contribution in [0.5, 0.6) is 0 Å². The molecule has 1 N–H and O–H groups in total. The van der Waals surface area contributed by atoms with E-state index in [1.165, 1.54) is 6.92 Å². The minimum atomic E-state index is -0.202. The number of aryl methyl sites for hydroxylation is 1. The number of nitrogens with one attached hydrogen (secondary N) is 1. The summed E-state index contributed by atoms with van der Waals surface area (Å²) in [6.07, 6.45) is 2.57. The highest BCUT2D eigenvalue weighted by Gasteiger charge is 2.16. The zero-order valence-corrected chi connectivity index (χ0v) is 16.9. The van der Waals surface area contributed by atoms with Crippen LogP contribution in [0.3, 0.4) is 0 Å². The van der Waals surface area contributed by atoms with E-state index in [2.05, 4.69) is 22.4 Å². The van der Waals surface area contributed by atoms with Crippen molar-refractivity contribution in [3.8, 4) is 11.5 Å². The Morgan fingerprint density at radius 3 is 2.60 bits per heavy atom. The Bertz CT molecular complexity index is 1210. The van der Waals surface area contributed by atoms with Crippen molar-refractivity contribution in [1.29, 1.82) is 0 Å². The number of carbonyl (C=O) groups is 2. The van der Waals surface area contributed by atoms with Crippen molar-refractivity contribution < 1.29 is 14.0 Å². The predicted octanol–water partition coefficient (Wildman–Crippen LogP) is 3.77. The third kappa shape index (κ3) is 3.87. The normalized spacial score (nSPS) is 11.0. The fraction of sp³-hybridized carbons (Fsp3) is 0.217. The average molecular weight is 402 g/mol. The number of benzene rings is 2. The molecule has 0 aliphatic heterocycles. The van der Waals surface area contributed by atoms with Crippen LogP contribution < -0.4 is 5.32 Å². The molecule has 0 bridgehead atoms. The molecule has 0 unspecified atom stereocenters. The molecule has 2 aromatic carbocycles. The van der Waals surface area contributed by atoms with Crippen molar-refractivity contribution in [2.24, 2.45) is 0 Å². The maximum absolute atomic E-state index is 12.6. The van der Waals surface area contributed by atoms with Crippen LogP contribution in [0.2, 0.25) is 0 Å². The third-order valence-corrected chi connectivity index (χ3v) is 4.98. The number of amides is 1. The van der Waals surface area contributed by atoms with Crippen molar-refractivity contribution in [1.82, 2.24) is 20.1 Å². The molecule has 7 nitrogen and oxygen atoms in total. The summed E-state index contributed by atoms with van der Waals surface area (Å²) in [5, 5.41) is 11.7. The largest absolute Gasteiger partial charge is 0.419 e. The first-order valence-corrected chi connectivity index (χ1v) is 9.83. The van der Waals surface area contributed by atoms with Gasteiger partial charge < -0.3 is 14.3 Å². The number of carbonyl (C=O) groups excluding carboxylic acids is 2. The highest BCUT2D eigenvalue weighted by atomic mass is 16.4. The highest BCUT2D eigenvalue weighted by Crippen LogP contribution is 2.26. The first kappa shape index (κ1) is 19.6. The minimum Gasteiger partial charge on any atom is -0.419 e. The van der Waals surface area contributed by atoms with Gasteiger partial charge in [0.2, 0.25) is 17.7 Å². The summed E-state index contributed by atoms with van der Waals surface area (Å²) in [6.45, 7) is 3.83. The second kappa shape index (κ2) is 8.32. The summed E-state index contributed by atoms with van der Waals surface area (Å²) in [4.78, 5) is 24.6. The van der Waals surface area contributed by atoms with Crippen LogP contribution in [0.1, 0.15) is 35.7 Å². The molecule has 0 spiro atoms. The monoisotopic (exact) mass is 402 g/mol. The minimum absolute atomic E-state index is 0.0216. The number of ketones is 1. The van der Waals surface area contributed by atoms with E-state index in [1.54, 1.807) is 6.20 Å². The number of hydrogen-bond acceptors (Lipinski definition) is 5. The van der Waals surface area contributed by atoms with E-state index in [0.29, 0.717) is 17.3 Å². The topological polar surface area (TPSA) is 90.0 Å². The molecule has 0 radical (unpaired) electrons. The SMILES string of the molecule is CCc1cccc2c(C(C)=O)cn(CC(=O)NCc3nnc(-c4ccccc4)o3)c12.